The average Bonchev–Trinajstić information content (AvgIpc) is 3.36. The smallest absolute Gasteiger partial charge is 0.240 e. The summed E-state index contributed by atoms with van der Waals surface area (Å²) >= 11 is 0. The Morgan fingerprint density at radius 2 is 1.79 bits per heavy atom. The molecule has 0 aliphatic heterocycles. The molecule has 2 N–H and O–H groups in total. The maximum absolute atomic E-state index is 13.5. The van der Waals surface area contributed by atoms with Crippen LogP contribution in [0.1, 0.15) is 36.9 Å². The first-order valence-electron chi connectivity index (χ1n) is 7.94. The molecule has 2 aromatic rings. The molecular formula is C18H21FN2O2S. The highest BCUT2D eigenvalue weighted by Gasteiger charge is 2.45. The van der Waals surface area contributed by atoms with E-state index >= 15 is 0 Å². The highest BCUT2D eigenvalue weighted by atomic mass is 32.2. The summed E-state index contributed by atoms with van der Waals surface area (Å²) < 4.78 is 39.3. The van der Waals surface area contributed by atoms with Gasteiger partial charge >= 0.3 is 0 Å². The Labute approximate surface area is 142 Å². The fourth-order valence-electron chi connectivity index (χ4n) is 2.98. The Morgan fingerprint density at radius 1 is 1.12 bits per heavy atom. The summed E-state index contributed by atoms with van der Waals surface area (Å²) in [5, 5.41) is 3.57. The molecule has 1 fully saturated rings. The van der Waals surface area contributed by atoms with Crippen molar-refractivity contribution in [3.05, 3.63) is 65.5 Å². The van der Waals surface area contributed by atoms with Gasteiger partial charge in [-0.25, -0.2) is 17.5 Å². The lowest BCUT2D eigenvalue weighted by atomic mass is 10.0. The summed E-state index contributed by atoms with van der Waals surface area (Å²) in [4.78, 5) is 0.243. The van der Waals surface area contributed by atoms with Crippen molar-refractivity contribution in [1.82, 2.24) is 10.0 Å². The molecule has 0 aromatic heterocycles. The number of hydrogen-bond acceptors (Lipinski definition) is 3. The summed E-state index contributed by atoms with van der Waals surface area (Å²) in [5.41, 5.74) is 1.77. The molecule has 6 heteroatoms. The van der Waals surface area contributed by atoms with E-state index in [1.165, 1.54) is 13.1 Å². The minimum atomic E-state index is -3.42. The first-order valence-corrected chi connectivity index (χ1v) is 9.42. The highest BCUT2D eigenvalue weighted by molar-refractivity contribution is 7.89. The molecule has 24 heavy (non-hydrogen) atoms. The first kappa shape index (κ1) is 17.1. The van der Waals surface area contributed by atoms with Gasteiger partial charge in [-0.3, -0.25) is 0 Å². The quantitative estimate of drug-likeness (QED) is 0.843. The van der Waals surface area contributed by atoms with Crippen molar-refractivity contribution >= 4 is 10.0 Å². The van der Waals surface area contributed by atoms with E-state index in [0.29, 0.717) is 0 Å². The Morgan fingerprint density at radius 3 is 2.33 bits per heavy atom. The minimum absolute atomic E-state index is 0.0297. The monoisotopic (exact) mass is 348 g/mol. The van der Waals surface area contributed by atoms with Crippen molar-refractivity contribution < 1.29 is 12.8 Å². The van der Waals surface area contributed by atoms with Crippen molar-refractivity contribution in [2.45, 2.75) is 36.2 Å². The molecule has 0 heterocycles. The second-order valence-corrected chi connectivity index (χ2v) is 8.12. The van der Waals surface area contributed by atoms with Gasteiger partial charge in [0, 0.05) is 11.6 Å². The van der Waals surface area contributed by atoms with Crippen molar-refractivity contribution in [3.8, 4) is 0 Å². The van der Waals surface area contributed by atoms with Gasteiger partial charge < -0.3 is 5.32 Å². The fraction of sp³-hybridized carbons (Fsp3) is 0.333. The molecule has 1 aliphatic carbocycles. The highest BCUT2D eigenvalue weighted by Crippen LogP contribution is 2.47. The number of rotatable bonds is 6. The number of nitrogens with one attached hydrogen (secondary N) is 2. The third kappa shape index (κ3) is 3.36. The van der Waals surface area contributed by atoms with Gasteiger partial charge in [-0.15, -0.1) is 0 Å². The van der Waals surface area contributed by atoms with Crippen molar-refractivity contribution in [2.24, 2.45) is 0 Å². The molecule has 1 atom stereocenters. The maximum Gasteiger partial charge on any atom is 0.240 e. The van der Waals surface area contributed by atoms with E-state index in [9.17, 15) is 12.8 Å². The Balaban J connectivity index is 1.77. The van der Waals surface area contributed by atoms with Crippen molar-refractivity contribution in [2.75, 3.05) is 7.05 Å². The third-order valence-corrected chi connectivity index (χ3v) is 6.01. The maximum atomic E-state index is 13.5. The van der Waals surface area contributed by atoms with E-state index in [-0.39, 0.29) is 22.3 Å². The number of hydrogen-bond donors (Lipinski definition) is 2. The summed E-state index contributed by atoms with van der Waals surface area (Å²) in [5.74, 6) is -0.227. The lowest BCUT2D eigenvalue weighted by Crippen LogP contribution is -2.31. The van der Waals surface area contributed by atoms with E-state index in [1.807, 2.05) is 25.1 Å². The van der Waals surface area contributed by atoms with Gasteiger partial charge in [0.2, 0.25) is 10.0 Å². The van der Waals surface area contributed by atoms with Gasteiger partial charge in [-0.2, -0.15) is 0 Å². The van der Waals surface area contributed by atoms with Crippen LogP contribution in [0.5, 0.6) is 0 Å². The third-order valence-electron chi connectivity index (χ3n) is 4.58. The van der Waals surface area contributed by atoms with Gasteiger partial charge in [0.15, 0.2) is 0 Å². The standard InChI is InChI=1S/C18H21FN2O2S/c1-13(14-6-8-17(9-7-14)24(22,23)20-2)21-18(10-11-18)15-4-3-5-16(19)12-15/h3-9,12-13,20-21H,10-11H2,1-2H3/t13-/m1/s1. The molecule has 0 saturated heterocycles. The van der Waals surface area contributed by atoms with Crippen LogP contribution in [-0.2, 0) is 15.6 Å². The van der Waals surface area contributed by atoms with E-state index in [0.717, 1.165) is 24.0 Å². The largest absolute Gasteiger partial charge is 0.301 e. The van der Waals surface area contributed by atoms with Gasteiger partial charge in [0.25, 0.3) is 0 Å². The molecule has 2 aromatic carbocycles. The molecular weight excluding hydrogens is 327 g/mol. The van der Waals surface area contributed by atoms with E-state index < -0.39 is 10.0 Å². The molecule has 128 valence electrons. The molecule has 0 radical (unpaired) electrons. The van der Waals surface area contributed by atoms with Crippen LogP contribution < -0.4 is 10.0 Å². The molecule has 0 unspecified atom stereocenters. The molecule has 1 saturated carbocycles. The Hall–Kier alpha value is -1.76. The molecule has 0 amide bonds. The zero-order chi connectivity index (χ0) is 17.4. The fourth-order valence-corrected chi connectivity index (χ4v) is 3.71. The van der Waals surface area contributed by atoms with E-state index in [4.69, 9.17) is 0 Å². The van der Waals surface area contributed by atoms with Gasteiger partial charge in [0.05, 0.1) is 4.90 Å². The second kappa shape index (κ2) is 6.27. The van der Waals surface area contributed by atoms with Crippen LogP contribution in [0.25, 0.3) is 0 Å². The van der Waals surface area contributed by atoms with Crippen molar-refractivity contribution in [1.29, 1.82) is 0 Å². The van der Waals surface area contributed by atoms with Crippen LogP contribution >= 0.6 is 0 Å². The second-order valence-electron chi connectivity index (χ2n) is 6.24. The summed E-state index contributed by atoms with van der Waals surface area (Å²) in [6, 6.07) is 13.5. The Kier molecular flexibility index (Phi) is 4.46. The normalized spacial score (nSPS) is 17.5. The van der Waals surface area contributed by atoms with Crippen LogP contribution in [0, 0.1) is 5.82 Å². The van der Waals surface area contributed by atoms with Gasteiger partial charge in [0.1, 0.15) is 5.82 Å². The molecule has 0 bridgehead atoms. The predicted octanol–water partition coefficient (Wildman–Crippen LogP) is 3.07. The lowest BCUT2D eigenvalue weighted by molar-refractivity contribution is 0.448. The van der Waals surface area contributed by atoms with Crippen LogP contribution in [0.15, 0.2) is 53.4 Å². The summed E-state index contributed by atoms with van der Waals surface area (Å²) in [6.07, 6.45) is 1.93. The topological polar surface area (TPSA) is 58.2 Å². The Bertz CT molecular complexity index is 830. The summed E-state index contributed by atoms with van der Waals surface area (Å²) in [7, 11) is -2.03. The van der Waals surface area contributed by atoms with Gasteiger partial charge in [-0.1, -0.05) is 24.3 Å². The molecule has 0 spiro atoms. The minimum Gasteiger partial charge on any atom is -0.301 e. The van der Waals surface area contributed by atoms with E-state index in [1.54, 1.807) is 24.3 Å². The van der Waals surface area contributed by atoms with Gasteiger partial charge in [-0.05, 0) is 62.2 Å². The van der Waals surface area contributed by atoms with Crippen molar-refractivity contribution in [3.63, 3.8) is 0 Å². The molecule has 1 aliphatic rings. The molecule has 3 rings (SSSR count). The lowest BCUT2D eigenvalue weighted by Gasteiger charge is -2.24. The van der Waals surface area contributed by atoms with Crippen LogP contribution in [0.3, 0.4) is 0 Å². The predicted molar refractivity (Wildman–Crippen MR) is 91.6 cm³/mol. The number of sulfonamides is 1. The van der Waals surface area contributed by atoms with Crippen LogP contribution in [0.4, 0.5) is 4.39 Å². The van der Waals surface area contributed by atoms with E-state index in [2.05, 4.69) is 10.0 Å². The average molecular weight is 348 g/mol. The van der Waals surface area contributed by atoms with Crippen LogP contribution in [-0.4, -0.2) is 15.5 Å². The summed E-state index contributed by atoms with van der Waals surface area (Å²) in [6.45, 7) is 2.03. The number of halogens is 1. The van der Waals surface area contributed by atoms with Crippen LogP contribution in [0.2, 0.25) is 0 Å². The SMILES string of the molecule is CNS(=O)(=O)c1ccc([C@@H](C)NC2(c3cccc(F)c3)CC2)cc1. The zero-order valence-electron chi connectivity index (χ0n) is 13.7. The zero-order valence-corrected chi connectivity index (χ0v) is 14.5. The molecule has 4 nitrogen and oxygen atoms in total. The first-order chi connectivity index (χ1) is 11.4. The number of benzene rings is 2.